The molecule has 16 heavy (non-hydrogen) atoms. The van der Waals surface area contributed by atoms with Crippen LogP contribution in [-0.4, -0.2) is 24.0 Å². The van der Waals surface area contributed by atoms with Crippen LogP contribution in [0.3, 0.4) is 0 Å². The molecule has 0 amide bonds. The monoisotopic (exact) mass is 218 g/mol. The summed E-state index contributed by atoms with van der Waals surface area (Å²) in [5, 5.41) is 0. The first-order valence-electron chi connectivity index (χ1n) is 5.81. The summed E-state index contributed by atoms with van der Waals surface area (Å²) in [5.74, 6) is 0. The summed E-state index contributed by atoms with van der Waals surface area (Å²) in [6.45, 7) is 8.81. The molecule has 3 nitrogen and oxygen atoms in total. The lowest BCUT2D eigenvalue weighted by molar-refractivity contribution is 0.221. The number of rotatable bonds is 2. The SMILES string of the molecule is CCN(CC)C1=Nc2cccc(C)c2CO1. The van der Waals surface area contributed by atoms with Crippen LogP contribution in [0.15, 0.2) is 23.2 Å². The van der Waals surface area contributed by atoms with Gasteiger partial charge in [-0.3, -0.25) is 0 Å². The number of fused-ring (bicyclic) bond motifs is 1. The van der Waals surface area contributed by atoms with Gasteiger partial charge in [0.1, 0.15) is 6.61 Å². The van der Waals surface area contributed by atoms with E-state index in [1.54, 1.807) is 0 Å². The Morgan fingerprint density at radius 3 is 2.75 bits per heavy atom. The number of aryl methyl sites for hydroxylation is 1. The normalized spacial score (nSPS) is 13.8. The molecule has 86 valence electrons. The first kappa shape index (κ1) is 11.0. The van der Waals surface area contributed by atoms with E-state index < -0.39 is 0 Å². The molecule has 0 aromatic heterocycles. The Hall–Kier alpha value is -1.51. The molecule has 2 rings (SSSR count). The van der Waals surface area contributed by atoms with Crippen LogP contribution in [0.5, 0.6) is 0 Å². The molecule has 0 unspecified atom stereocenters. The summed E-state index contributed by atoms with van der Waals surface area (Å²) in [6.07, 6.45) is 0. The van der Waals surface area contributed by atoms with Gasteiger partial charge in [-0.2, -0.15) is 4.99 Å². The van der Waals surface area contributed by atoms with Crippen molar-refractivity contribution in [2.45, 2.75) is 27.4 Å². The maximum absolute atomic E-state index is 5.71. The summed E-state index contributed by atoms with van der Waals surface area (Å²) in [7, 11) is 0. The van der Waals surface area contributed by atoms with E-state index in [0.717, 1.165) is 24.8 Å². The minimum Gasteiger partial charge on any atom is -0.460 e. The highest BCUT2D eigenvalue weighted by atomic mass is 16.5. The smallest absolute Gasteiger partial charge is 0.292 e. The Balaban J connectivity index is 2.34. The molecule has 0 N–H and O–H groups in total. The third kappa shape index (κ3) is 1.90. The van der Waals surface area contributed by atoms with E-state index in [0.29, 0.717) is 6.61 Å². The second kappa shape index (κ2) is 4.56. The fraction of sp³-hybridized carbons (Fsp3) is 0.462. The van der Waals surface area contributed by atoms with Gasteiger partial charge in [-0.15, -0.1) is 0 Å². The average Bonchev–Trinajstić information content (AvgIpc) is 2.31. The Morgan fingerprint density at radius 2 is 2.06 bits per heavy atom. The van der Waals surface area contributed by atoms with Crippen LogP contribution in [0.25, 0.3) is 0 Å². The highest BCUT2D eigenvalue weighted by Gasteiger charge is 2.17. The molecule has 0 atom stereocenters. The number of ether oxygens (including phenoxy) is 1. The quantitative estimate of drug-likeness (QED) is 0.762. The molecule has 0 bridgehead atoms. The molecule has 1 aliphatic rings. The highest BCUT2D eigenvalue weighted by Crippen LogP contribution is 2.27. The molecule has 0 saturated heterocycles. The summed E-state index contributed by atoms with van der Waals surface area (Å²) in [4.78, 5) is 6.70. The molecular weight excluding hydrogens is 200 g/mol. The number of nitrogens with zero attached hydrogens (tertiary/aromatic N) is 2. The molecule has 0 aliphatic carbocycles. The second-order valence-corrected chi connectivity index (χ2v) is 3.93. The van der Waals surface area contributed by atoms with E-state index in [2.05, 4.69) is 36.7 Å². The molecule has 1 aromatic rings. The zero-order chi connectivity index (χ0) is 11.5. The molecular formula is C13H18N2O. The zero-order valence-electron chi connectivity index (χ0n) is 10.2. The van der Waals surface area contributed by atoms with Crippen molar-refractivity contribution in [2.75, 3.05) is 13.1 Å². The van der Waals surface area contributed by atoms with Gasteiger partial charge < -0.3 is 9.64 Å². The van der Waals surface area contributed by atoms with Gasteiger partial charge in [-0.25, -0.2) is 0 Å². The number of amidine groups is 1. The van der Waals surface area contributed by atoms with Crippen LogP contribution in [0.4, 0.5) is 5.69 Å². The topological polar surface area (TPSA) is 24.8 Å². The summed E-state index contributed by atoms with van der Waals surface area (Å²) in [6, 6.07) is 6.94. The standard InChI is InChI=1S/C13H18N2O/c1-4-15(5-2)13-14-12-8-6-7-10(3)11(12)9-16-13/h6-8H,4-5,9H2,1-3H3. The number of hydrogen-bond donors (Lipinski definition) is 0. The van der Waals surface area contributed by atoms with Crippen molar-refractivity contribution >= 4 is 11.7 Å². The van der Waals surface area contributed by atoms with Gasteiger partial charge in [0.25, 0.3) is 6.02 Å². The van der Waals surface area contributed by atoms with Crippen LogP contribution >= 0.6 is 0 Å². The largest absolute Gasteiger partial charge is 0.460 e. The minimum absolute atomic E-state index is 0.636. The van der Waals surface area contributed by atoms with Gasteiger partial charge in [0.05, 0.1) is 5.69 Å². The maximum Gasteiger partial charge on any atom is 0.292 e. The van der Waals surface area contributed by atoms with Crippen LogP contribution < -0.4 is 0 Å². The Morgan fingerprint density at radius 1 is 1.31 bits per heavy atom. The first-order valence-corrected chi connectivity index (χ1v) is 5.81. The van der Waals surface area contributed by atoms with Gasteiger partial charge in [-0.05, 0) is 32.4 Å². The molecule has 1 heterocycles. The molecule has 0 radical (unpaired) electrons. The lowest BCUT2D eigenvalue weighted by Gasteiger charge is -2.26. The van der Waals surface area contributed by atoms with E-state index in [-0.39, 0.29) is 0 Å². The van der Waals surface area contributed by atoms with Crippen molar-refractivity contribution in [3.05, 3.63) is 29.3 Å². The summed E-state index contributed by atoms with van der Waals surface area (Å²) >= 11 is 0. The van der Waals surface area contributed by atoms with E-state index in [1.165, 1.54) is 11.1 Å². The molecule has 3 heteroatoms. The second-order valence-electron chi connectivity index (χ2n) is 3.93. The molecule has 0 spiro atoms. The lowest BCUT2D eigenvalue weighted by atomic mass is 10.1. The molecule has 1 aromatic carbocycles. The summed E-state index contributed by atoms with van der Waals surface area (Å²) in [5.41, 5.74) is 3.51. The van der Waals surface area contributed by atoms with Crippen LogP contribution in [0.2, 0.25) is 0 Å². The minimum atomic E-state index is 0.636. The van der Waals surface area contributed by atoms with Crippen molar-refractivity contribution in [2.24, 2.45) is 4.99 Å². The number of aliphatic imine (C=N–C) groups is 1. The van der Waals surface area contributed by atoms with Gasteiger partial charge in [0.2, 0.25) is 0 Å². The molecule has 0 saturated carbocycles. The number of benzene rings is 1. The third-order valence-corrected chi connectivity index (χ3v) is 2.98. The van der Waals surface area contributed by atoms with Crippen molar-refractivity contribution in [3.8, 4) is 0 Å². The van der Waals surface area contributed by atoms with E-state index in [4.69, 9.17) is 4.74 Å². The predicted molar refractivity (Wildman–Crippen MR) is 66.0 cm³/mol. The Labute approximate surface area is 96.7 Å². The van der Waals surface area contributed by atoms with Crippen molar-refractivity contribution in [1.82, 2.24) is 4.90 Å². The van der Waals surface area contributed by atoms with Gasteiger partial charge >= 0.3 is 0 Å². The zero-order valence-corrected chi connectivity index (χ0v) is 10.2. The van der Waals surface area contributed by atoms with Crippen molar-refractivity contribution in [3.63, 3.8) is 0 Å². The van der Waals surface area contributed by atoms with Gasteiger partial charge in [0, 0.05) is 18.7 Å². The number of hydrogen-bond acceptors (Lipinski definition) is 3. The predicted octanol–water partition coefficient (Wildman–Crippen LogP) is 2.85. The molecule has 1 aliphatic heterocycles. The van der Waals surface area contributed by atoms with Gasteiger partial charge in [-0.1, -0.05) is 12.1 Å². The highest BCUT2D eigenvalue weighted by molar-refractivity contribution is 5.79. The Kier molecular flexibility index (Phi) is 3.13. The van der Waals surface area contributed by atoms with Crippen molar-refractivity contribution in [1.29, 1.82) is 0 Å². The summed E-state index contributed by atoms with van der Waals surface area (Å²) < 4.78 is 5.71. The first-order chi connectivity index (χ1) is 7.76. The van der Waals surface area contributed by atoms with Crippen LogP contribution in [-0.2, 0) is 11.3 Å². The fourth-order valence-electron chi connectivity index (χ4n) is 1.91. The lowest BCUT2D eigenvalue weighted by Crippen LogP contribution is -2.33. The van der Waals surface area contributed by atoms with E-state index in [9.17, 15) is 0 Å². The van der Waals surface area contributed by atoms with Crippen LogP contribution in [0, 0.1) is 6.92 Å². The van der Waals surface area contributed by atoms with E-state index >= 15 is 0 Å². The van der Waals surface area contributed by atoms with E-state index in [1.807, 2.05) is 12.1 Å². The van der Waals surface area contributed by atoms with Crippen molar-refractivity contribution < 1.29 is 4.74 Å². The third-order valence-electron chi connectivity index (χ3n) is 2.98. The molecule has 0 fully saturated rings. The Bertz CT molecular complexity index is 408. The van der Waals surface area contributed by atoms with Gasteiger partial charge in [0.15, 0.2) is 0 Å². The maximum atomic E-state index is 5.71. The fourth-order valence-corrected chi connectivity index (χ4v) is 1.91. The average molecular weight is 218 g/mol. The van der Waals surface area contributed by atoms with Crippen LogP contribution in [0.1, 0.15) is 25.0 Å².